The Hall–Kier alpha value is -1.14. The third-order valence-corrected chi connectivity index (χ3v) is 5.29. The van der Waals surface area contributed by atoms with Crippen LogP contribution in [0.5, 0.6) is 0 Å². The molecule has 5 nitrogen and oxygen atoms in total. The van der Waals surface area contributed by atoms with E-state index in [0.29, 0.717) is 5.92 Å². The van der Waals surface area contributed by atoms with E-state index in [1.54, 1.807) is 12.1 Å². The minimum absolute atomic E-state index is 0.0716. The standard InChI is InChI=1S/C13H21N3O2S/c1-10(11-6-3-2-4-7-11)16-19(17,18)13-12(14)8-5-9-15-13/h5,8-11,16H,2-4,6-7,14H2,1H3. The minimum atomic E-state index is -3.63. The van der Waals surface area contributed by atoms with Crippen LogP contribution in [-0.4, -0.2) is 19.4 Å². The molecular formula is C13H21N3O2S. The molecule has 1 aromatic heterocycles. The van der Waals surface area contributed by atoms with E-state index in [1.807, 2.05) is 6.92 Å². The molecule has 19 heavy (non-hydrogen) atoms. The van der Waals surface area contributed by atoms with Crippen LogP contribution >= 0.6 is 0 Å². The van der Waals surface area contributed by atoms with Gasteiger partial charge in [-0.15, -0.1) is 0 Å². The van der Waals surface area contributed by atoms with Crippen molar-refractivity contribution in [3.8, 4) is 0 Å². The quantitative estimate of drug-likeness (QED) is 0.884. The van der Waals surface area contributed by atoms with Gasteiger partial charge in [0.2, 0.25) is 0 Å². The number of nitrogens with zero attached hydrogens (tertiary/aromatic N) is 1. The van der Waals surface area contributed by atoms with Gasteiger partial charge in [-0.25, -0.2) is 18.1 Å². The first-order valence-corrected chi connectivity index (χ1v) is 8.22. The van der Waals surface area contributed by atoms with Crippen LogP contribution in [0.3, 0.4) is 0 Å². The zero-order chi connectivity index (χ0) is 13.9. The minimum Gasteiger partial charge on any atom is -0.396 e. The highest BCUT2D eigenvalue weighted by atomic mass is 32.2. The normalized spacial score (nSPS) is 19.2. The average molecular weight is 283 g/mol. The molecule has 2 rings (SSSR count). The van der Waals surface area contributed by atoms with Gasteiger partial charge in [-0.1, -0.05) is 19.3 Å². The molecule has 0 spiro atoms. The van der Waals surface area contributed by atoms with Crippen LogP contribution in [0.4, 0.5) is 5.69 Å². The number of aromatic nitrogens is 1. The molecule has 1 heterocycles. The van der Waals surface area contributed by atoms with E-state index >= 15 is 0 Å². The molecule has 0 saturated heterocycles. The van der Waals surface area contributed by atoms with Crippen LogP contribution in [0.2, 0.25) is 0 Å². The monoisotopic (exact) mass is 283 g/mol. The van der Waals surface area contributed by atoms with E-state index in [4.69, 9.17) is 5.73 Å². The summed E-state index contributed by atoms with van der Waals surface area (Å²) in [5, 5.41) is -0.0716. The molecule has 0 radical (unpaired) electrons. The fourth-order valence-electron chi connectivity index (χ4n) is 2.66. The number of pyridine rings is 1. The van der Waals surface area contributed by atoms with E-state index in [2.05, 4.69) is 9.71 Å². The van der Waals surface area contributed by atoms with Crippen molar-refractivity contribution in [3.05, 3.63) is 18.3 Å². The number of sulfonamides is 1. The number of nitrogens with one attached hydrogen (secondary N) is 1. The highest BCUT2D eigenvalue weighted by Gasteiger charge is 2.26. The van der Waals surface area contributed by atoms with Crippen molar-refractivity contribution in [2.45, 2.75) is 50.1 Å². The van der Waals surface area contributed by atoms with Crippen molar-refractivity contribution in [1.82, 2.24) is 9.71 Å². The van der Waals surface area contributed by atoms with Crippen LogP contribution in [0.1, 0.15) is 39.0 Å². The van der Waals surface area contributed by atoms with Crippen molar-refractivity contribution < 1.29 is 8.42 Å². The maximum Gasteiger partial charge on any atom is 0.260 e. The maximum absolute atomic E-state index is 12.3. The Morgan fingerprint density at radius 1 is 1.37 bits per heavy atom. The van der Waals surface area contributed by atoms with Crippen LogP contribution in [-0.2, 0) is 10.0 Å². The molecule has 0 amide bonds. The Morgan fingerprint density at radius 3 is 2.68 bits per heavy atom. The van der Waals surface area contributed by atoms with Gasteiger partial charge in [0.25, 0.3) is 10.0 Å². The molecule has 1 saturated carbocycles. The highest BCUT2D eigenvalue weighted by molar-refractivity contribution is 7.89. The molecule has 1 unspecified atom stereocenters. The zero-order valence-electron chi connectivity index (χ0n) is 11.2. The molecule has 106 valence electrons. The molecule has 1 atom stereocenters. The van der Waals surface area contributed by atoms with Crippen LogP contribution in [0, 0.1) is 5.92 Å². The first-order chi connectivity index (χ1) is 9.00. The predicted octanol–water partition coefficient (Wildman–Crippen LogP) is 1.91. The van der Waals surface area contributed by atoms with Crippen molar-refractivity contribution in [2.75, 3.05) is 5.73 Å². The fourth-order valence-corrected chi connectivity index (χ4v) is 4.03. The lowest BCUT2D eigenvalue weighted by atomic mass is 9.85. The van der Waals surface area contributed by atoms with Gasteiger partial charge in [-0.2, -0.15) is 0 Å². The van der Waals surface area contributed by atoms with Crippen molar-refractivity contribution in [1.29, 1.82) is 0 Å². The summed E-state index contributed by atoms with van der Waals surface area (Å²) >= 11 is 0. The zero-order valence-corrected chi connectivity index (χ0v) is 12.0. The first-order valence-electron chi connectivity index (χ1n) is 6.73. The lowest BCUT2D eigenvalue weighted by molar-refractivity contribution is 0.303. The summed E-state index contributed by atoms with van der Waals surface area (Å²) in [7, 11) is -3.63. The number of rotatable bonds is 4. The maximum atomic E-state index is 12.3. The lowest BCUT2D eigenvalue weighted by Crippen LogP contribution is -2.39. The highest BCUT2D eigenvalue weighted by Crippen LogP contribution is 2.27. The third kappa shape index (κ3) is 3.45. The molecule has 1 aromatic rings. The lowest BCUT2D eigenvalue weighted by Gasteiger charge is -2.28. The average Bonchev–Trinajstić information content (AvgIpc) is 2.39. The summed E-state index contributed by atoms with van der Waals surface area (Å²) in [4.78, 5) is 3.87. The van der Waals surface area contributed by atoms with Crippen molar-refractivity contribution >= 4 is 15.7 Å². The van der Waals surface area contributed by atoms with E-state index in [0.717, 1.165) is 12.8 Å². The first kappa shape index (κ1) is 14.3. The van der Waals surface area contributed by atoms with Gasteiger partial charge in [-0.3, -0.25) is 0 Å². The Morgan fingerprint density at radius 2 is 2.05 bits per heavy atom. The van der Waals surface area contributed by atoms with Gasteiger partial charge in [0, 0.05) is 12.2 Å². The SMILES string of the molecule is CC(NS(=O)(=O)c1ncccc1N)C1CCCCC1. The smallest absolute Gasteiger partial charge is 0.260 e. The number of anilines is 1. The molecule has 0 aliphatic heterocycles. The molecule has 0 bridgehead atoms. The third-order valence-electron chi connectivity index (χ3n) is 3.75. The molecule has 1 fully saturated rings. The molecule has 0 aromatic carbocycles. The van der Waals surface area contributed by atoms with Crippen LogP contribution in [0.15, 0.2) is 23.4 Å². The fraction of sp³-hybridized carbons (Fsp3) is 0.615. The second kappa shape index (κ2) is 5.88. The molecule has 3 N–H and O–H groups in total. The molecule has 1 aliphatic rings. The van der Waals surface area contributed by atoms with Gasteiger partial charge >= 0.3 is 0 Å². The Balaban J connectivity index is 2.11. The Bertz CT molecular complexity index is 524. The van der Waals surface area contributed by atoms with Gasteiger partial charge in [-0.05, 0) is 37.8 Å². The van der Waals surface area contributed by atoms with E-state index in [-0.39, 0.29) is 16.8 Å². The van der Waals surface area contributed by atoms with Crippen molar-refractivity contribution in [2.24, 2.45) is 5.92 Å². The number of hydrogen-bond acceptors (Lipinski definition) is 4. The predicted molar refractivity (Wildman–Crippen MR) is 75.0 cm³/mol. The number of nitrogens with two attached hydrogens (primary N) is 1. The largest absolute Gasteiger partial charge is 0.396 e. The van der Waals surface area contributed by atoms with E-state index < -0.39 is 10.0 Å². The summed E-state index contributed by atoms with van der Waals surface area (Å²) in [6.45, 7) is 1.92. The second-order valence-electron chi connectivity index (χ2n) is 5.21. The van der Waals surface area contributed by atoms with Gasteiger partial charge in [0.15, 0.2) is 5.03 Å². The molecule has 6 heteroatoms. The summed E-state index contributed by atoms with van der Waals surface area (Å²) in [5.74, 6) is 0.411. The molecule has 1 aliphatic carbocycles. The van der Waals surface area contributed by atoms with Gasteiger partial charge < -0.3 is 5.73 Å². The summed E-state index contributed by atoms with van der Waals surface area (Å²) in [5.41, 5.74) is 5.87. The number of nitrogen functional groups attached to an aromatic ring is 1. The Kier molecular flexibility index (Phi) is 4.42. The Labute approximate surface area is 114 Å². The summed E-state index contributed by atoms with van der Waals surface area (Å²) in [6.07, 6.45) is 7.23. The second-order valence-corrected chi connectivity index (χ2v) is 6.84. The number of hydrogen-bond donors (Lipinski definition) is 2. The summed E-state index contributed by atoms with van der Waals surface area (Å²) < 4.78 is 27.2. The van der Waals surface area contributed by atoms with Gasteiger partial charge in [0.05, 0.1) is 5.69 Å². The van der Waals surface area contributed by atoms with Crippen LogP contribution < -0.4 is 10.5 Å². The summed E-state index contributed by atoms with van der Waals surface area (Å²) in [6, 6.07) is 3.10. The van der Waals surface area contributed by atoms with Gasteiger partial charge in [0.1, 0.15) is 0 Å². The van der Waals surface area contributed by atoms with Crippen molar-refractivity contribution in [3.63, 3.8) is 0 Å². The van der Waals surface area contributed by atoms with E-state index in [9.17, 15) is 8.42 Å². The topological polar surface area (TPSA) is 85.1 Å². The van der Waals surface area contributed by atoms with E-state index in [1.165, 1.54) is 25.5 Å². The van der Waals surface area contributed by atoms with Crippen LogP contribution in [0.25, 0.3) is 0 Å². The molecular weight excluding hydrogens is 262 g/mol.